The number of hydrogen-bond donors (Lipinski definition) is 0. The molecule has 1 fully saturated rings. The van der Waals surface area contributed by atoms with Gasteiger partial charge in [-0.1, -0.05) is 24.3 Å². The van der Waals surface area contributed by atoms with E-state index in [-0.39, 0.29) is 6.04 Å². The molecule has 0 amide bonds. The molecular formula is C19H20N2O2S. The van der Waals surface area contributed by atoms with Gasteiger partial charge in [0.15, 0.2) is 0 Å². The van der Waals surface area contributed by atoms with E-state index in [2.05, 4.69) is 11.1 Å². The average Bonchev–Trinajstić information content (AvgIpc) is 3.13. The summed E-state index contributed by atoms with van der Waals surface area (Å²) in [4.78, 5) is 4.58. The second-order valence-corrected chi connectivity index (χ2v) is 8.31. The smallest absolute Gasteiger partial charge is 0.239 e. The van der Waals surface area contributed by atoms with Crippen LogP contribution in [0.2, 0.25) is 0 Å². The van der Waals surface area contributed by atoms with Crippen molar-refractivity contribution in [2.75, 3.05) is 6.54 Å². The van der Waals surface area contributed by atoms with Crippen molar-refractivity contribution in [1.82, 2.24) is 9.29 Å². The lowest BCUT2D eigenvalue weighted by Gasteiger charge is -2.27. The molecule has 1 aromatic heterocycles. The van der Waals surface area contributed by atoms with E-state index in [1.54, 1.807) is 16.7 Å². The quantitative estimate of drug-likeness (QED) is 0.859. The van der Waals surface area contributed by atoms with Crippen LogP contribution in [0.25, 0.3) is 6.08 Å². The van der Waals surface area contributed by atoms with Crippen LogP contribution in [0, 0.1) is 0 Å². The average molecular weight is 340 g/mol. The number of pyridine rings is 1. The Kier molecular flexibility index (Phi) is 3.98. The van der Waals surface area contributed by atoms with Crippen molar-refractivity contribution in [2.45, 2.75) is 31.7 Å². The highest BCUT2D eigenvalue weighted by Crippen LogP contribution is 2.38. The molecule has 2 heterocycles. The highest BCUT2D eigenvalue weighted by molar-refractivity contribution is 7.93. The van der Waals surface area contributed by atoms with Gasteiger partial charge in [-0.2, -0.15) is 4.31 Å². The number of hydrogen-bond acceptors (Lipinski definition) is 3. The third-order valence-electron chi connectivity index (χ3n) is 4.95. The third-order valence-corrected chi connectivity index (χ3v) is 6.99. The van der Waals surface area contributed by atoms with E-state index >= 15 is 0 Å². The first-order valence-corrected chi connectivity index (χ1v) is 9.80. The Balaban J connectivity index is 1.69. The first-order valence-electron chi connectivity index (χ1n) is 8.36. The Labute approximate surface area is 142 Å². The van der Waals surface area contributed by atoms with Gasteiger partial charge >= 0.3 is 0 Å². The summed E-state index contributed by atoms with van der Waals surface area (Å²) in [6, 6.07) is 11.8. The number of nitrogens with zero attached hydrogens (tertiary/aromatic N) is 2. The van der Waals surface area contributed by atoms with Crippen LogP contribution >= 0.6 is 0 Å². The monoisotopic (exact) mass is 340 g/mol. The Bertz CT molecular complexity index is 875. The third kappa shape index (κ3) is 2.68. The lowest BCUT2D eigenvalue weighted by atomic mass is 9.98. The van der Waals surface area contributed by atoms with E-state index in [1.807, 2.05) is 36.4 Å². The van der Waals surface area contributed by atoms with Crippen LogP contribution < -0.4 is 0 Å². The molecule has 0 bridgehead atoms. The van der Waals surface area contributed by atoms with Crippen LogP contribution in [0.3, 0.4) is 0 Å². The first-order chi connectivity index (χ1) is 11.7. The molecule has 0 spiro atoms. The summed E-state index contributed by atoms with van der Waals surface area (Å²) in [6.45, 7) is 0.592. The van der Waals surface area contributed by atoms with Crippen molar-refractivity contribution in [2.24, 2.45) is 0 Å². The van der Waals surface area contributed by atoms with Crippen LogP contribution in [-0.2, 0) is 16.4 Å². The highest BCUT2D eigenvalue weighted by atomic mass is 32.2. The summed E-state index contributed by atoms with van der Waals surface area (Å²) in [5.41, 5.74) is 3.29. The molecule has 5 heteroatoms. The number of allylic oxidation sites excluding steroid dienone is 1. The van der Waals surface area contributed by atoms with Crippen molar-refractivity contribution in [3.8, 4) is 0 Å². The van der Waals surface area contributed by atoms with E-state index in [9.17, 15) is 8.42 Å². The van der Waals surface area contributed by atoms with Gasteiger partial charge in [0.2, 0.25) is 10.0 Å². The minimum absolute atomic E-state index is 0.0731. The SMILES string of the molecule is O=S(=O)(C1=Cc2ccccc2CC1)N1CCC[C@H]1c1ccncc1. The number of aryl methyl sites for hydroxylation is 1. The number of aromatic nitrogens is 1. The first kappa shape index (κ1) is 15.5. The molecule has 0 N–H and O–H groups in total. The molecular weight excluding hydrogens is 320 g/mol. The predicted octanol–water partition coefficient (Wildman–Crippen LogP) is 3.54. The predicted molar refractivity (Wildman–Crippen MR) is 94.6 cm³/mol. The molecule has 1 aliphatic heterocycles. The normalized spacial score (nSPS) is 21.3. The van der Waals surface area contributed by atoms with E-state index in [4.69, 9.17) is 0 Å². The molecule has 1 saturated heterocycles. The maximum absolute atomic E-state index is 13.2. The van der Waals surface area contributed by atoms with E-state index < -0.39 is 10.0 Å². The molecule has 0 unspecified atom stereocenters. The topological polar surface area (TPSA) is 50.3 Å². The van der Waals surface area contributed by atoms with Gasteiger partial charge in [-0.15, -0.1) is 0 Å². The van der Waals surface area contributed by atoms with Crippen molar-refractivity contribution < 1.29 is 8.42 Å². The summed E-state index contributed by atoms with van der Waals surface area (Å²) in [5, 5.41) is 0. The Morgan fingerprint density at radius 1 is 1.04 bits per heavy atom. The number of sulfonamides is 1. The highest BCUT2D eigenvalue weighted by Gasteiger charge is 2.37. The molecule has 1 atom stereocenters. The summed E-state index contributed by atoms with van der Waals surface area (Å²) in [6.07, 6.45) is 8.45. The van der Waals surface area contributed by atoms with Gasteiger partial charge < -0.3 is 0 Å². The second-order valence-electron chi connectivity index (χ2n) is 6.36. The van der Waals surface area contributed by atoms with Gasteiger partial charge in [-0.25, -0.2) is 8.42 Å². The minimum atomic E-state index is -3.43. The van der Waals surface area contributed by atoms with Crippen molar-refractivity contribution in [1.29, 1.82) is 0 Å². The molecule has 0 saturated carbocycles. The minimum Gasteiger partial charge on any atom is -0.265 e. The van der Waals surface area contributed by atoms with Gasteiger partial charge in [-0.3, -0.25) is 4.98 Å². The van der Waals surface area contributed by atoms with Gasteiger partial charge in [0, 0.05) is 18.9 Å². The molecule has 0 radical (unpaired) electrons. The summed E-state index contributed by atoms with van der Waals surface area (Å²) in [7, 11) is -3.43. The Morgan fingerprint density at radius 3 is 2.67 bits per heavy atom. The maximum atomic E-state index is 13.2. The number of rotatable bonds is 3. The van der Waals surface area contributed by atoms with Crippen molar-refractivity contribution >= 4 is 16.1 Å². The lowest BCUT2D eigenvalue weighted by Crippen LogP contribution is -2.32. The lowest BCUT2D eigenvalue weighted by molar-refractivity contribution is 0.400. The summed E-state index contributed by atoms with van der Waals surface area (Å²) < 4.78 is 28.1. The standard InChI is InChI=1S/C19H20N2O2S/c22-24(23,18-8-7-15-4-1-2-5-17(15)14-18)21-13-3-6-19(21)16-9-11-20-12-10-16/h1-2,4-5,9-12,14,19H,3,6-8,13H2/t19-/m0/s1. The number of fused-ring (bicyclic) bond motifs is 1. The zero-order valence-electron chi connectivity index (χ0n) is 13.4. The van der Waals surface area contributed by atoms with E-state index in [1.165, 1.54) is 5.56 Å². The molecule has 124 valence electrons. The van der Waals surface area contributed by atoms with E-state index in [0.717, 1.165) is 30.4 Å². The van der Waals surface area contributed by atoms with E-state index in [0.29, 0.717) is 17.9 Å². The largest absolute Gasteiger partial charge is 0.265 e. The Morgan fingerprint density at radius 2 is 1.83 bits per heavy atom. The van der Waals surface area contributed by atoms with Crippen molar-refractivity contribution in [3.05, 3.63) is 70.4 Å². The van der Waals surface area contributed by atoms with Crippen LogP contribution in [0.1, 0.15) is 42.0 Å². The molecule has 24 heavy (non-hydrogen) atoms. The summed E-state index contributed by atoms with van der Waals surface area (Å²) in [5.74, 6) is 0. The fourth-order valence-electron chi connectivity index (χ4n) is 3.71. The molecule has 4 nitrogen and oxygen atoms in total. The summed E-state index contributed by atoms with van der Waals surface area (Å²) >= 11 is 0. The maximum Gasteiger partial charge on any atom is 0.239 e. The molecule has 2 aliphatic rings. The van der Waals surface area contributed by atoms with Crippen molar-refractivity contribution in [3.63, 3.8) is 0 Å². The fourth-order valence-corrected chi connectivity index (χ4v) is 5.58. The van der Waals surface area contributed by atoms with Gasteiger partial charge in [0.25, 0.3) is 0 Å². The van der Waals surface area contributed by atoms with Crippen LogP contribution in [0.15, 0.2) is 53.7 Å². The molecule has 4 rings (SSSR count). The van der Waals surface area contributed by atoms with Crippen LogP contribution in [0.4, 0.5) is 0 Å². The zero-order valence-corrected chi connectivity index (χ0v) is 14.2. The van der Waals surface area contributed by atoms with Gasteiger partial charge in [-0.05, 0) is 60.6 Å². The van der Waals surface area contributed by atoms with Gasteiger partial charge in [0.1, 0.15) is 0 Å². The fraction of sp³-hybridized carbons (Fsp3) is 0.316. The van der Waals surface area contributed by atoms with Gasteiger partial charge in [0.05, 0.1) is 10.9 Å². The second kappa shape index (κ2) is 6.15. The molecule has 1 aromatic carbocycles. The molecule has 1 aliphatic carbocycles. The van der Waals surface area contributed by atoms with Crippen LogP contribution in [-0.4, -0.2) is 24.3 Å². The zero-order chi connectivity index (χ0) is 16.6. The Hall–Kier alpha value is -1.98. The molecule has 2 aromatic rings. The number of benzene rings is 1. The van der Waals surface area contributed by atoms with Crippen LogP contribution in [0.5, 0.6) is 0 Å².